The highest BCUT2D eigenvalue weighted by molar-refractivity contribution is 5.36. The normalized spacial score (nSPS) is 11.9. The summed E-state index contributed by atoms with van der Waals surface area (Å²) in [6.07, 6.45) is 1.47. The predicted molar refractivity (Wildman–Crippen MR) is 109 cm³/mol. The first-order chi connectivity index (χ1) is 14.1. The van der Waals surface area contributed by atoms with E-state index >= 15 is 0 Å². The highest BCUT2D eigenvalue weighted by Gasteiger charge is 2.16. The number of hydrogen-bond acceptors (Lipinski definition) is 3. The van der Waals surface area contributed by atoms with Crippen molar-refractivity contribution in [3.05, 3.63) is 89.5 Å². The minimum absolute atomic E-state index is 0.139. The van der Waals surface area contributed by atoms with Crippen molar-refractivity contribution in [2.24, 2.45) is 0 Å². The Morgan fingerprint density at radius 3 is 2.03 bits per heavy atom. The summed E-state index contributed by atoms with van der Waals surface area (Å²) >= 11 is 0. The van der Waals surface area contributed by atoms with E-state index < -0.39 is 6.61 Å². The summed E-state index contributed by atoms with van der Waals surface area (Å²) in [5.41, 5.74) is 3.23. The molecule has 0 aliphatic carbocycles. The molecule has 0 saturated heterocycles. The van der Waals surface area contributed by atoms with E-state index in [1.54, 1.807) is 32.4 Å². The van der Waals surface area contributed by atoms with Gasteiger partial charge >= 0.3 is 6.61 Å². The molecule has 1 atom stereocenters. The third-order valence-corrected chi connectivity index (χ3v) is 4.81. The second-order valence-electron chi connectivity index (χ2n) is 6.76. The van der Waals surface area contributed by atoms with Crippen LogP contribution in [0.2, 0.25) is 0 Å². The Hall–Kier alpha value is -3.08. The van der Waals surface area contributed by atoms with Gasteiger partial charge < -0.3 is 14.2 Å². The van der Waals surface area contributed by atoms with E-state index in [-0.39, 0.29) is 11.7 Å². The van der Waals surface area contributed by atoms with Crippen LogP contribution in [0.15, 0.2) is 72.8 Å². The molecule has 0 aliphatic heterocycles. The Kier molecular flexibility index (Phi) is 7.06. The molecule has 0 heterocycles. The van der Waals surface area contributed by atoms with Crippen molar-refractivity contribution in [1.82, 2.24) is 0 Å². The molecule has 0 fully saturated rings. The quantitative estimate of drug-likeness (QED) is 0.451. The van der Waals surface area contributed by atoms with E-state index in [9.17, 15) is 8.78 Å². The lowest BCUT2D eigenvalue weighted by Gasteiger charge is -2.19. The maximum absolute atomic E-state index is 12.6. The van der Waals surface area contributed by atoms with Gasteiger partial charge in [-0.2, -0.15) is 8.78 Å². The Morgan fingerprint density at radius 1 is 0.690 bits per heavy atom. The van der Waals surface area contributed by atoms with Gasteiger partial charge in [0.15, 0.2) is 0 Å². The van der Waals surface area contributed by atoms with Crippen LogP contribution in [0, 0.1) is 0 Å². The summed E-state index contributed by atoms with van der Waals surface area (Å²) < 4.78 is 40.3. The van der Waals surface area contributed by atoms with Crippen molar-refractivity contribution < 1.29 is 23.0 Å². The molecule has 0 aliphatic rings. The van der Waals surface area contributed by atoms with Crippen LogP contribution in [0.25, 0.3) is 0 Å². The van der Waals surface area contributed by atoms with Gasteiger partial charge in [0.05, 0.1) is 14.2 Å². The summed E-state index contributed by atoms with van der Waals surface area (Å²) in [6, 6.07) is 22.8. The molecule has 0 bridgehead atoms. The van der Waals surface area contributed by atoms with Crippen molar-refractivity contribution in [3.8, 4) is 17.2 Å². The topological polar surface area (TPSA) is 27.7 Å². The molecule has 0 saturated carbocycles. The number of ether oxygens (including phenoxy) is 3. The predicted octanol–water partition coefficient (Wildman–Crippen LogP) is 5.87. The van der Waals surface area contributed by atoms with Crippen molar-refractivity contribution in [2.45, 2.75) is 25.4 Å². The van der Waals surface area contributed by atoms with Crippen molar-refractivity contribution >= 4 is 0 Å². The molecule has 0 N–H and O–H groups in total. The average molecular weight is 398 g/mol. The Bertz CT molecular complexity index is 910. The molecule has 152 valence electrons. The molecular weight excluding hydrogens is 374 g/mol. The molecule has 5 heteroatoms. The fraction of sp³-hybridized carbons (Fsp3) is 0.250. The highest BCUT2D eigenvalue weighted by Crippen LogP contribution is 2.29. The lowest BCUT2D eigenvalue weighted by molar-refractivity contribution is -0.0498. The lowest BCUT2D eigenvalue weighted by atomic mass is 9.86. The van der Waals surface area contributed by atoms with Gasteiger partial charge in [0, 0.05) is 0 Å². The van der Waals surface area contributed by atoms with Gasteiger partial charge in [0.25, 0.3) is 0 Å². The van der Waals surface area contributed by atoms with Crippen LogP contribution in [0.1, 0.15) is 22.6 Å². The van der Waals surface area contributed by atoms with E-state index in [1.807, 2.05) is 48.5 Å². The number of benzene rings is 3. The zero-order chi connectivity index (χ0) is 20.6. The number of hydrogen-bond donors (Lipinski definition) is 0. The SMILES string of the molecule is COc1ccc(CC(Cc2cccc(OC(F)F)c2)c2cccc(OC)c2)cc1. The van der Waals surface area contributed by atoms with E-state index in [0.717, 1.165) is 29.0 Å². The standard InChI is InChI=1S/C24H24F2O3/c1-27-21-11-9-17(10-12-21)13-20(19-6-4-7-22(16-19)28-2)14-18-5-3-8-23(15-18)29-24(25)26/h3-12,15-16,20,24H,13-14H2,1-2H3. The van der Waals surface area contributed by atoms with Crippen LogP contribution in [0.5, 0.6) is 17.2 Å². The molecule has 0 spiro atoms. The molecule has 3 aromatic carbocycles. The number of alkyl halides is 2. The average Bonchev–Trinajstić information content (AvgIpc) is 2.73. The van der Waals surface area contributed by atoms with Crippen LogP contribution in [0.3, 0.4) is 0 Å². The minimum atomic E-state index is -2.83. The molecule has 3 nitrogen and oxygen atoms in total. The largest absolute Gasteiger partial charge is 0.497 e. The fourth-order valence-electron chi connectivity index (χ4n) is 3.38. The van der Waals surface area contributed by atoms with Crippen LogP contribution >= 0.6 is 0 Å². The number of rotatable bonds is 9. The first-order valence-electron chi connectivity index (χ1n) is 9.38. The van der Waals surface area contributed by atoms with Gasteiger partial charge in [-0.05, 0) is 71.8 Å². The smallest absolute Gasteiger partial charge is 0.387 e. The van der Waals surface area contributed by atoms with E-state index in [0.29, 0.717) is 6.42 Å². The highest BCUT2D eigenvalue weighted by atomic mass is 19.3. The van der Waals surface area contributed by atoms with Crippen molar-refractivity contribution in [2.75, 3.05) is 14.2 Å². The zero-order valence-corrected chi connectivity index (χ0v) is 16.5. The number of methoxy groups -OCH3 is 2. The van der Waals surface area contributed by atoms with Crippen LogP contribution in [-0.2, 0) is 12.8 Å². The molecular formula is C24H24F2O3. The van der Waals surface area contributed by atoms with E-state index in [2.05, 4.69) is 10.8 Å². The van der Waals surface area contributed by atoms with Gasteiger partial charge in [-0.25, -0.2) is 0 Å². The third-order valence-electron chi connectivity index (χ3n) is 4.81. The van der Waals surface area contributed by atoms with Crippen LogP contribution in [0.4, 0.5) is 8.78 Å². The van der Waals surface area contributed by atoms with Gasteiger partial charge in [0.2, 0.25) is 0 Å². The monoisotopic (exact) mass is 398 g/mol. The van der Waals surface area contributed by atoms with Crippen molar-refractivity contribution in [1.29, 1.82) is 0 Å². The molecule has 3 aromatic rings. The molecule has 0 radical (unpaired) electrons. The minimum Gasteiger partial charge on any atom is -0.497 e. The van der Waals surface area contributed by atoms with E-state index in [4.69, 9.17) is 9.47 Å². The zero-order valence-electron chi connectivity index (χ0n) is 16.5. The summed E-state index contributed by atoms with van der Waals surface area (Å²) in [7, 11) is 3.28. The Morgan fingerprint density at radius 2 is 1.34 bits per heavy atom. The summed E-state index contributed by atoms with van der Waals surface area (Å²) in [4.78, 5) is 0. The molecule has 3 rings (SSSR count). The van der Waals surface area contributed by atoms with Crippen molar-refractivity contribution in [3.63, 3.8) is 0 Å². The van der Waals surface area contributed by atoms with Crippen LogP contribution < -0.4 is 14.2 Å². The number of halogens is 2. The van der Waals surface area contributed by atoms with Gasteiger partial charge in [0.1, 0.15) is 17.2 Å². The summed E-state index contributed by atoms with van der Waals surface area (Å²) in [5, 5.41) is 0. The van der Waals surface area contributed by atoms with Gasteiger partial charge in [-0.15, -0.1) is 0 Å². The Balaban J connectivity index is 1.87. The Labute approximate surface area is 169 Å². The third kappa shape index (κ3) is 5.95. The first kappa shape index (κ1) is 20.6. The maximum atomic E-state index is 12.6. The first-order valence-corrected chi connectivity index (χ1v) is 9.38. The summed E-state index contributed by atoms with van der Waals surface area (Å²) in [6.45, 7) is -2.83. The fourth-order valence-corrected chi connectivity index (χ4v) is 3.38. The molecule has 0 amide bonds. The molecule has 0 aromatic heterocycles. The molecule has 1 unspecified atom stereocenters. The summed E-state index contributed by atoms with van der Waals surface area (Å²) in [5.74, 6) is 1.91. The van der Waals surface area contributed by atoms with E-state index in [1.165, 1.54) is 5.56 Å². The molecule has 29 heavy (non-hydrogen) atoms. The maximum Gasteiger partial charge on any atom is 0.387 e. The van der Waals surface area contributed by atoms with Crippen LogP contribution in [-0.4, -0.2) is 20.8 Å². The van der Waals surface area contributed by atoms with Gasteiger partial charge in [-0.3, -0.25) is 0 Å². The lowest BCUT2D eigenvalue weighted by Crippen LogP contribution is -2.08. The second-order valence-corrected chi connectivity index (χ2v) is 6.76. The van der Waals surface area contributed by atoms with Gasteiger partial charge in [-0.1, -0.05) is 36.4 Å². The second kappa shape index (κ2) is 9.92.